The maximum absolute atomic E-state index is 13.7. The monoisotopic (exact) mass is 428 g/mol. The molecule has 3 rings (SSSR count). The van der Waals surface area contributed by atoms with Crippen LogP contribution in [0.25, 0.3) is 5.57 Å². The van der Waals surface area contributed by atoms with Gasteiger partial charge in [0.1, 0.15) is 5.76 Å². The van der Waals surface area contributed by atoms with E-state index in [1.54, 1.807) is 0 Å². The molecule has 1 heterocycles. The molecule has 1 aromatic rings. The number of carbonyl (C=O) groups is 2. The van der Waals surface area contributed by atoms with Gasteiger partial charge in [-0.1, -0.05) is 31.5 Å². The fourth-order valence-electron chi connectivity index (χ4n) is 4.72. The molecule has 1 fully saturated rings. The van der Waals surface area contributed by atoms with E-state index in [4.69, 9.17) is 4.74 Å². The second-order valence-electron chi connectivity index (χ2n) is 10.0. The minimum absolute atomic E-state index is 0.0690. The highest BCUT2D eigenvalue weighted by atomic mass is 32.2. The van der Waals surface area contributed by atoms with Gasteiger partial charge in [0.2, 0.25) is 0 Å². The molecule has 1 aromatic carbocycles. The van der Waals surface area contributed by atoms with Crippen LogP contribution >= 0.6 is 11.8 Å². The number of hydrogen-bond acceptors (Lipinski definition) is 4. The second-order valence-corrected chi connectivity index (χ2v) is 11.1. The molecule has 0 bridgehead atoms. The first-order chi connectivity index (χ1) is 14.1. The first kappa shape index (κ1) is 23.1. The van der Waals surface area contributed by atoms with Gasteiger partial charge in [0.15, 0.2) is 5.78 Å². The molecule has 30 heavy (non-hydrogen) atoms. The summed E-state index contributed by atoms with van der Waals surface area (Å²) in [7, 11) is 0. The molecule has 1 unspecified atom stereocenters. The van der Waals surface area contributed by atoms with E-state index in [-0.39, 0.29) is 17.2 Å². The Morgan fingerprint density at radius 1 is 1.13 bits per heavy atom. The lowest BCUT2D eigenvalue weighted by Crippen LogP contribution is -2.37. The van der Waals surface area contributed by atoms with Gasteiger partial charge in [0.25, 0.3) is 0 Å². The van der Waals surface area contributed by atoms with Gasteiger partial charge in [-0.2, -0.15) is 11.8 Å². The number of ether oxygens (including phenoxy) is 1. The summed E-state index contributed by atoms with van der Waals surface area (Å²) in [4.78, 5) is 26.6. The molecule has 4 heteroatoms. The van der Waals surface area contributed by atoms with Crippen LogP contribution in [0.4, 0.5) is 0 Å². The molecule has 1 aliphatic heterocycles. The third kappa shape index (κ3) is 4.69. The van der Waals surface area contributed by atoms with Gasteiger partial charge in [-0.3, -0.25) is 9.59 Å². The number of thioether (sulfide) groups is 1. The van der Waals surface area contributed by atoms with Gasteiger partial charge < -0.3 is 4.74 Å². The Kier molecular flexibility index (Phi) is 6.86. The summed E-state index contributed by atoms with van der Waals surface area (Å²) >= 11 is 1.93. The Hall–Kier alpha value is -1.55. The fraction of sp³-hybridized carbons (Fsp3) is 0.615. The van der Waals surface area contributed by atoms with Gasteiger partial charge in [0.05, 0.1) is 11.0 Å². The predicted molar refractivity (Wildman–Crippen MR) is 126 cm³/mol. The summed E-state index contributed by atoms with van der Waals surface area (Å²) in [6, 6.07) is 4.36. The summed E-state index contributed by atoms with van der Waals surface area (Å²) < 4.78 is 6.06. The lowest BCUT2D eigenvalue weighted by molar-refractivity contribution is -0.149. The average Bonchev–Trinajstić information content (AvgIpc) is 2.67. The zero-order valence-electron chi connectivity index (χ0n) is 19.4. The number of allylic oxidation sites excluding steroid dienone is 2. The van der Waals surface area contributed by atoms with Gasteiger partial charge in [-0.25, -0.2) is 0 Å². The van der Waals surface area contributed by atoms with Gasteiger partial charge in [-0.05, 0) is 87.0 Å². The number of carbonyl (C=O) groups excluding carboxylic acids is 2. The van der Waals surface area contributed by atoms with Crippen molar-refractivity contribution in [2.75, 3.05) is 11.5 Å². The predicted octanol–water partition coefficient (Wildman–Crippen LogP) is 6.30. The maximum Gasteiger partial charge on any atom is 0.316 e. The molecule has 3 nitrogen and oxygen atoms in total. The van der Waals surface area contributed by atoms with E-state index in [0.717, 1.165) is 42.8 Å². The number of hydrogen-bond donors (Lipinski definition) is 0. The minimum atomic E-state index is -0.610. The van der Waals surface area contributed by atoms with Crippen molar-refractivity contribution < 1.29 is 14.3 Å². The van der Waals surface area contributed by atoms with E-state index in [1.165, 1.54) is 16.7 Å². The molecular weight excluding hydrogens is 392 g/mol. The highest BCUT2D eigenvalue weighted by Gasteiger charge is 2.44. The Morgan fingerprint density at radius 2 is 1.77 bits per heavy atom. The van der Waals surface area contributed by atoms with Gasteiger partial charge in [-0.15, -0.1) is 0 Å². The molecule has 0 radical (unpaired) electrons. The number of benzene rings is 1. The molecule has 0 N–H and O–H groups in total. The number of aryl methyl sites for hydroxylation is 3. The van der Waals surface area contributed by atoms with Crippen LogP contribution in [-0.4, -0.2) is 23.3 Å². The lowest BCUT2D eigenvalue weighted by Gasteiger charge is -2.41. The normalized spacial score (nSPS) is 22.5. The van der Waals surface area contributed by atoms with Gasteiger partial charge in [0, 0.05) is 12.8 Å². The van der Waals surface area contributed by atoms with Crippen molar-refractivity contribution in [2.24, 2.45) is 10.8 Å². The van der Waals surface area contributed by atoms with Crippen molar-refractivity contribution in [3.63, 3.8) is 0 Å². The van der Waals surface area contributed by atoms with Crippen LogP contribution in [0, 0.1) is 17.8 Å². The summed E-state index contributed by atoms with van der Waals surface area (Å²) in [5.41, 5.74) is 4.57. The molecule has 1 saturated heterocycles. The topological polar surface area (TPSA) is 43.4 Å². The van der Waals surface area contributed by atoms with Crippen molar-refractivity contribution in [1.29, 1.82) is 0 Å². The average molecular weight is 429 g/mol. The quantitative estimate of drug-likeness (QED) is 0.528. The van der Waals surface area contributed by atoms with E-state index in [2.05, 4.69) is 32.9 Å². The first-order valence-corrected chi connectivity index (χ1v) is 12.4. The number of esters is 1. The summed E-state index contributed by atoms with van der Waals surface area (Å²) in [5.74, 6) is 2.63. The molecule has 0 saturated carbocycles. The maximum atomic E-state index is 13.7. The number of ketones is 1. The Balaban J connectivity index is 2.19. The zero-order chi connectivity index (χ0) is 22.1. The van der Waals surface area contributed by atoms with Crippen molar-refractivity contribution in [2.45, 2.75) is 80.1 Å². The van der Waals surface area contributed by atoms with Gasteiger partial charge >= 0.3 is 5.97 Å². The highest BCUT2D eigenvalue weighted by Crippen LogP contribution is 2.49. The van der Waals surface area contributed by atoms with Crippen LogP contribution in [0.5, 0.6) is 0 Å². The SMILES string of the molecule is CCc1cc(C)cc(CC)c1C1=C(OC(=O)C(C)(C)C)CC2(CCCSC2)CC1=O. The Labute approximate surface area is 186 Å². The lowest BCUT2D eigenvalue weighted by atomic mass is 9.69. The van der Waals surface area contributed by atoms with Crippen molar-refractivity contribution in [3.05, 3.63) is 40.1 Å². The molecule has 1 aliphatic carbocycles. The molecule has 2 aliphatic rings. The van der Waals surface area contributed by atoms with Crippen LogP contribution in [-0.2, 0) is 27.2 Å². The third-order valence-electron chi connectivity index (χ3n) is 6.32. The van der Waals surface area contributed by atoms with E-state index in [1.807, 2.05) is 32.5 Å². The van der Waals surface area contributed by atoms with Crippen molar-refractivity contribution in [3.8, 4) is 0 Å². The van der Waals surface area contributed by atoms with Crippen molar-refractivity contribution >= 4 is 29.1 Å². The Bertz CT molecular complexity index is 842. The number of Topliss-reactive ketones (excluding diaryl/α,β-unsaturated/α-hetero) is 1. The third-order valence-corrected chi connectivity index (χ3v) is 7.71. The van der Waals surface area contributed by atoms with E-state index in [9.17, 15) is 9.59 Å². The first-order valence-electron chi connectivity index (χ1n) is 11.3. The van der Waals surface area contributed by atoms with Crippen LogP contribution in [0.1, 0.15) is 82.6 Å². The van der Waals surface area contributed by atoms with Crippen LogP contribution in [0.2, 0.25) is 0 Å². The standard InChI is InChI=1S/C26H36O3S/c1-7-18-12-17(3)13-19(8-2)22(18)23-20(27)14-26(10-9-11-30-16-26)15-21(23)29-24(28)25(4,5)6/h12-13H,7-11,14-16H2,1-6H3. The van der Waals surface area contributed by atoms with Crippen molar-refractivity contribution in [1.82, 2.24) is 0 Å². The highest BCUT2D eigenvalue weighted by molar-refractivity contribution is 7.99. The van der Waals surface area contributed by atoms with Crippen LogP contribution < -0.4 is 0 Å². The molecular formula is C26H36O3S. The minimum Gasteiger partial charge on any atom is -0.430 e. The summed E-state index contributed by atoms with van der Waals surface area (Å²) in [5, 5.41) is 0. The Morgan fingerprint density at radius 3 is 2.27 bits per heavy atom. The fourth-order valence-corrected chi connectivity index (χ4v) is 5.99. The summed E-state index contributed by atoms with van der Waals surface area (Å²) in [6.45, 7) is 12.0. The molecule has 0 amide bonds. The second kappa shape index (κ2) is 8.90. The van der Waals surface area contributed by atoms with Crippen LogP contribution in [0.15, 0.2) is 17.9 Å². The number of rotatable bonds is 4. The summed E-state index contributed by atoms with van der Waals surface area (Å²) in [6.07, 6.45) is 5.10. The largest absolute Gasteiger partial charge is 0.430 e. The van der Waals surface area contributed by atoms with E-state index < -0.39 is 5.41 Å². The zero-order valence-corrected chi connectivity index (χ0v) is 20.3. The molecule has 164 valence electrons. The molecule has 0 aromatic heterocycles. The molecule has 1 atom stereocenters. The molecule has 1 spiro atoms. The smallest absolute Gasteiger partial charge is 0.316 e. The van der Waals surface area contributed by atoms with E-state index in [0.29, 0.717) is 24.2 Å². The van der Waals surface area contributed by atoms with E-state index >= 15 is 0 Å². The van der Waals surface area contributed by atoms with Crippen LogP contribution in [0.3, 0.4) is 0 Å².